The van der Waals surface area contributed by atoms with Crippen molar-refractivity contribution in [2.45, 2.75) is 43.1 Å². The van der Waals surface area contributed by atoms with Crippen molar-refractivity contribution in [1.82, 2.24) is 14.8 Å². The summed E-state index contributed by atoms with van der Waals surface area (Å²) in [7, 11) is -3.04. The number of sulfone groups is 1. The number of anilines is 1. The molecule has 2 aromatic rings. The Hall–Kier alpha value is -2.46. The molecule has 2 atom stereocenters. The van der Waals surface area contributed by atoms with Crippen LogP contribution in [0.5, 0.6) is 0 Å². The number of carbonyl (C=O) groups excluding carboxylic acids is 2. The molecule has 0 bridgehead atoms. The molecule has 160 valence electrons. The van der Waals surface area contributed by atoms with E-state index in [2.05, 4.69) is 22.1 Å². The fourth-order valence-corrected chi connectivity index (χ4v) is 5.84. The molecule has 0 spiro atoms. The summed E-state index contributed by atoms with van der Waals surface area (Å²) in [6.07, 6.45) is 2.22. The van der Waals surface area contributed by atoms with Crippen molar-refractivity contribution in [2.24, 2.45) is 0 Å². The molecule has 1 amide bonds. The zero-order chi connectivity index (χ0) is 21.9. The maximum atomic E-state index is 12.6. The van der Waals surface area contributed by atoms with Gasteiger partial charge in [-0.3, -0.25) is 9.59 Å². The van der Waals surface area contributed by atoms with Crippen LogP contribution in [0, 0.1) is 0 Å². The van der Waals surface area contributed by atoms with Gasteiger partial charge >= 0.3 is 0 Å². The average molecular weight is 449 g/mol. The summed E-state index contributed by atoms with van der Waals surface area (Å²) in [6.45, 7) is 7.44. The lowest BCUT2D eigenvalue weighted by molar-refractivity contribution is -0.115. The quantitative estimate of drug-likeness (QED) is 0.375. The highest BCUT2D eigenvalue weighted by Gasteiger charge is 2.33. The summed E-state index contributed by atoms with van der Waals surface area (Å²) in [5, 5.41) is 11.3. The van der Waals surface area contributed by atoms with E-state index in [9.17, 15) is 18.0 Å². The van der Waals surface area contributed by atoms with Crippen LogP contribution in [0.2, 0.25) is 0 Å². The molecule has 0 saturated carbocycles. The lowest BCUT2D eigenvalue weighted by atomic mass is 10.1. The largest absolute Gasteiger partial charge is 0.325 e. The predicted octanol–water partition coefficient (Wildman–Crippen LogP) is 2.69. The molecule has 1 aromatic carbocycles. The van der Waals surface area contributed by atoms with E-state index < -0.39 is 15.1 Å². The van der Waals surface area contributed by atoms with Crippen LogP contribution in [0.1, 0.15) is 42.4 Å². The number of rotatable bonds is 8. The fraction of sp³-hybridized carbons (Fsp3) is 0.400. The number of hydrogen-bond donors (Lipinski definition) is 1. The molecule has 8 nitrogen and oxygen atoms in total. The van der Waals surface area contributed by atoms with Gasteiger partial charge in [0.1, 0.15) is 5.82 Å². The lowest BCUT2D eigenvalue weighted by Crippen LogP contribution is -2.23. The van der Waals surface area contributed by atoms with Crippen LogP contribution in [0.25, 0.3) is 0 Å². The van der Waals surface area contributed by atoms with Crippen molar-refractivity contribution in [3.8, 4) is 0 Å². The fourth-order valence-electron chi connectivity index (χ4n) is 3.23. The molecule has 3 rings (SSSR count). The Morgan fingerprint density at radius 1 is 1.33 bits per heavy atom. The molecule has 1 aliphatic heterocycles. The molecule has 1 aliphatic rings. The first-order chi connectivity index (χ1) is 14.2. The SMILES string of the molecule is C=CCn1c(SC(C)C(=O)Nc2ccc(C(C)=O)cc2)nnc1C1CCS(=O)(=O)C1. The van der Waals surface area contributed by atoms with Crippen molar-refractivity contribution in [3.05, 3.63) is 48.3 Å². The van der Waals surface area contributed by atoms with E-state index >= 15 is 0 Å². The van der Waals surface area contributed by atoms with Gasteiger partial charge in [0.15, 0.2) is 20.8 Å². The maximum absolute atomic E-state index is 12.6. The van der Waals surface area contributed by atoms with Gasteiger partial charge in [0.05, 0.1) is 16.8 Å². The minimum Gasteiger partial charge on any atom is -0.325 e. The number of nitrogens with zero attached hydrogens (tertiary/aromatic N) is 3. The Kier molecular flexibility index (Phi) is 6.77. The van der Waals surface area contributed by atoms with Crippen molar-refractivity contribution in [3.63, 3.8) is 0 Å². The number of amides is 1. The third-order valence-corrected chi connectivity index (χ3v) is 7.71. The Morgan fingerprint density at radius 3 is 2.60 bits per heavy atom. The molecule has 2 heterocycles. The van der Waals surface area contributed by atoms with Gasteiger partial charge in [-0.05, 0) is 44.5 Å². The molecule has 1 N–H and O–H groups in total. The van der Waals surface area contributed by atoms with Gasteiger partial charge in [0.2, 0.25) is 5.91 Å². The normalized spacial score (nSPS) is 18.7. The molecule has 10 heteroatoms. The van der Waals surface area contributed by atoms with E-state index in [-0.39, 0.29) is 29.1 Å². The van der Waals surface area contributed by atoms with E-state index in [0.717, 1.165) is 0 Å². The van der Waals surface area contributed by atoms with Crippen molar-refractivity contribution in [2.75, 3.05) is 16.8 Å². The molecule has 0 aliphatic carbocycles. The second kappa shape index (κ2) is 9.13. The molecule has 2 unspecified atom stereocenters. The first kappa shape index (κ1) is 22.2. The van der Waals surface area contributed by atoms with Gasteiger partial charge < -0.3 is 9.88 Å². The van der Waals surface area contributed by atoms with Crippen LogP contribution in [-0.4, -0.2) is 51.6 Å². The van der Waals surface area contributed by atoms with Gasteiger partial charge in [-0.15, -0.1) is 16.8 Å². The lowest BCUT2D eigenvalue weighted by Gasteiger charge is -2.14. The highest BCUT2D eigenvalue weighted by atomic mass is 32.2. The zero-order valence-electron chi connectivity index (χ0n) is 16.9. The van der Waals surface area contributed by atoms with Crippen LogP contribution >= 0.6 is 11.8 Å². The van der Waals surface area contributed by atoms with Gasteiger partial charge in [-0.1, -0.05) is 17.8 Å². The minimum atomic E-state index is -3.04. The molecular weight excluding hydrogens is 424 g/mol. The summed E-state index contributed by atoms with van der Waals surface area (Å²) in [4.78, 5) is 24.0. The number of aromatic nitrogens is 3. The topological polar surface area (TPSA) is 111 Å². The van der Waals surface area contributed by atoms with E-state index in [0.29, 0.717) is 35.2 Å². The molecule has 0 radical (unpaired) electrons. The van der Waals surface area contributed by atoms with Crippen LogP contribution < -0.4 is 5.32 Å². The van der Waals surface area contributed by atoms with Gasteiger partial charge in [0.25, 0.3) is 0 Å². The van der Waals surface area contributed by atoms with Crippen LogP contribution in [-0.2, 0) is 21.2 Å². The smallest absolute Gasteiger partial charge is 0.237 e. The monoisotopic (exact) mass is 448 g/mol. The summed E-state index contributed by atoms with van der Waals surface area (Å²) in [5.41, 5.74) is 1.18. The molecular formula is C20H24N4O4S2. The van der Waals surface area contributed by atoms with Crippen LogP contribution in [0.4, 0.5) is 5.69 Å². The highest BCUT2D eigenvalue weighted by Crippen LogP contribution is 2.31. The summed E-state index contributed by atoms with van der Waals surface area (Å²) < 4.78 is 25.5. The number of allylic oxidation sites excluding steroid dienone is 1. The standard InChI is InChI=1S/C20H24N4O4S2/c1-4-10-24-18(16-9-11-30(27,28)12-16)22-23-20(24)29-14(3)19(26)21-17-7-5-15(6-8-17)13(2)25/h4-8,14,16H,1,9-12H2,2-3H3,(H,21,26). The van der Waals surface area contributed by atoms with E-state index in [1.54, 1.807) is 37.3 Å². The van der Waals surface area contributed by atoms with Gasteiger partial charge in [-0.2, -0.15) is 0 Å². The second-order valence-electron chi connectivity index (χ2n) is 7.22. The molecule has 1 saturated heterocycles. The number of carbonyl (C=O) groups is 2. The maximum Gasteiger partial charge on any atom is 0.237 e. The number of ketones is 1. The van der Waals surface area contributed by atoms with Crippen LogP contribution in [0.15, 0.2) is 42.1 Å². The summed E-state index contributed by atoms with van der Waals surface area (Å²) in [5.74, 6) is 0.395. The Morgan fingerprint density at radius 2 is 2.03 bits per heavy atom. The van der Waals surface area contributed by atoms with E-state index in [1.165, 1.54) is 18.7 Å². The molecule has 1 fully saturated rings. The highest BCUT2D eigenvalue weighted by molar-refractivity contribution is 8.00. The van der Waals surface area contributed by atoms with Crippen molar-refractivity contribution < 1.29 is 18.0 Å². The number of thioether (sulfide) groups is 1. The first-order valence-electron chi connectivity index (χ1n) is 9.53. The van der Waals surface area contributed by atoms with Crippen LogP contribution in [0.3, 0.4) is 0 Å². The number of benzene rings is 1. The van der Waals surface area contributed by atoms with E-state index in [4.69, 9.17) is 0 Å². The number of hydrogen-bond acceptors (Lipinski definition) is 7. The number of nitrogens with one attached hydrogen (secondary N) is 1. The Labute approximate surface area is 180 Å². The first-order valence-corrected chi connectivity index (χ1v) is 12.2. The molecule has 30 heavy (non-hydrogen) atoms. The third kappa shape index (κ3) is 5.17. The zero-order valence-corrected chi connectivity index (χ0v) is 18.5. The van der Waals surface area contributed by atoms with Crippen molar-refractivity contribution >= 4 is 39.0 Å². The van der Waals surface area contributed by atoms with Crippen molar-refractivity contribution in [1.29, 1.82) is 0 Å². The third-order valence-electron chi connectivity index (χ3n) is 4.87. The second-order valence-corrected chi connectivity index (χ2v) is 10.8. The van der Waals surface area contributed by atoms with E-state index in [1.807, 2.05) is 4.57 Å². The predicted molar refractivity (Wildman–Crippen MR) is 117 cm³/mol. The summed E-state index contributed by atoms with van der Waals surface area (Å²) in [6, 6.07) is 6.70. The minimum absolute atomic E-state index is 0.0378. The molecule has 1 aromatic heterocycles. The summed E-state index contributed by atoms with van der Waals surface area (Å²) >= 11 is 1.25. The number of Topliss-reactive ketones (excluding diaryl/α,β-unsaturated/α-hetero) is 1. The Bertz CT molecular complexity index is 1060. The average Bonchev–Trinajstić information content (AvgIpc) is 3.25. The Balaban J connectivity index is 1.71. The van der Waals surface area contributed by atoms with Gasteiger partial charge in [-0.25, -0.2) is 8.42 Å². The van der Waals surface area contributed by atoms with Gasteiger partial charge in [0, 0.05) is 23.7 Å².